The molecular formula is C29H41N3O2. The van der Waals surface area contributed by atoms with E-state index in [-0.39, 0.29) is 0 Å². The van der Waals surface area contributed by atoms with Crippen LogP contribution in [-0.4, -0.2) is 15.9 Å². The number of benzene rings is 1. The Labute approximate surface area is 206 Å². The Hall–Kier alpha value is -2.74. The fourth-order valence-electron chi connectivity index (χ4n) is 3.90. The normalized spacial score (nSPS) is 12.6. The van der Waals surface area contributed by atoms with Crippen LogP contribution < -0.4 is 4.74 Å². The van der Waals surface area contributed by atoms with Gasteiger partial charge in [0.05, 0.1) is 6.07 Å². The molecule has 1 unspecified atom stereocenters. The van der Waals surface area contributed by atoms with Crippen molar-refractivity contribution in [2.75, 3.05) is 0 Å². The Kier molecular flexibility index (Phi) is 12.3. The monoisotopic (exact) mass is 463 g/mol. The third-order valence-corrected chi connectivity index (χ3v) is 6.32. The van der Waals surface area contributed by atoms with Gasteiger partial charge in [0.1, 0.15) is 5.75 Å². The molecule has 1 aromatic carbocycles. The molecular weight excluding hydrogens is 422 g/mol. The number of hydrogen-bond acceptors (Lipinski definition) is 5. The average Bonchev–Trinajstić information content (AvgIpc) is 2.87. The highest BCUT2D eigenvalue weighted by atomic mass is 16.5. The molecule has 1 atom stereocenters. The number of nitrogens with zero attached hydrogens (tertiary/aromatic N) is 3. The predicted octanol–water partition coefficient (Wildman–Crippen LogP) is 7.84. The van der Waals surface area contributed by atoms with E-state index in [0.29, 0.717) is 18.0 Å². The highest BCUT2D eigenvalue weighted by molar-refractivity contribution is 5.81. The topological polar surface area (TPSA) is 75.9 Å². The molecule has 0 saturated carbocycles. The summed E-state index contributed by atoms with van der Waals surface area (Å²) in [6.07, 6.45) is 19.0. The third-order valence-electron chi connectivity index (χ3n) is 6.32. The number of unbranched alkanes of at least 4 members (excludes halogenated alkanes) is 9. The number of hydrogen-bond donors (Lipinski definition) is 0. The first-order chi connectivity index (χ1) is 16.5. The molecule has 0 spiro atoms. The lowest BCUT2D eigenvalue weighted by Crippen LogP contribution is -2.30. The number of nitriles is 1. The zero-order valence-electron chi connectivity index (χ0n) is 21.3. The lowest BCUT2D eigenvalue weighted by molar-refractivity contribution is -0.142. The van der Waals surface area contributed by atoms with Gasteiger partial charge >= 0.3 is 5.97 Å². The minimum atomic E-state index is -1.12. The maximum atomic E-state index is 12.5. The van der Waals surface area contributed by atoms with Crippen LogP contribution in [0.2, 0.25) is 0 Å². The van der Waals surface area contributed by atoms with E-state index >= 15 is 0 Å². The molecule has 5 nitrogen and oxygen atoms in total. The molecule has 1 heterocycles. The summed E-state index contributed by atoms with van der Waals surface area (Å²) in [6, 6.07) is 9.25. The van der Waals surface area contributed by atoms with Gasteiger partial charge in [0.2, 0.25) is 0 Å². The van der Waals surface area contributed by atoms with Gasteiger partial charge in [-0.1, -0.05) is 78.1 Å². The van der Waals surface area contributed by atoms with Crippen LogP contribution in [0.1, 0.15) is 103 Å². The second-order valence-corrected chi connectivity index (χ2v) is 9.45. The zero-order valence-corrected chi connectivity index (χ0v) is 21.3. The van der Waals surface area contributed by atoms with Gasteiger partial charge < -0.3 is 4.74 Å². The van der Waals surface area contributed by atoms with Crippen LogP contribution in [0.3, 0.4) is 0 Å². The van der Waals surface area contributed by atoms with Crippen molar-refractivity contribution in [1.82, 2.24) is 9.97 Å². The summed E-state index contributed by atoms with van der Waals surface area (Å²) < 4.78 is 5.47. The lowest BCUT2D eigenvalue weighted by atomic mass is 9.87. The molecule has 0 bridgehead atoms. The highest BCUT2D eigenvalue weighted by Crippen LogP contribution is 2.27. The smallest absolute Gasteiger partial charge is 0.331 e. The second kappa shape index (κ2) is 15.2. The van der Waals surface area contributed by atoms with Crippen LogP contribution in [0.5, 0.6) is 5.75 Å². The van der Waals surface area contributed by atoms with Crippen molar-refractivity contribution in [3.05, 3.63) is 42.2 Å². The van der Waals surface area contributed by atoms with Gasteiger partial charge in [0.15, 0.2) is 11.2 Å². The van der Waals surface area contributed by atoms with Crippen molar-refractivity contribution in [3.8, 4) is 23.2 Å². The summed E-state index contributed by atoms with van der Waals surface area (Å²) in [5.74, 6) is 0.570. The van der Waals surface area contributed by atoms with Crippen LogP contribution >= 0.6 is 0 Å². The number of aryl methyl sites for hydroxylation is 1. The van der Waals surface area contributed by atoms with Crippen LogP contribution in [-0.2, 0) is 11.2 Å². The first-order valence-corrected chi connectivity index (χ1v) is 13.1. The molecule has 2 rings (SSSR count). The zero-order chi connectivity index (χ0) is 24.7. The molecule has 0 aliphatic rings. The number of esters is 1. The van der Waals surface area contributed by atoms with Crippen molar-refractivity contribution in [2.24, 2.45) is 5.41 Å². The van der Waals surface area contributed by atoms with Crippen molar-refractivity contribution in [2.45, 2.75) is 104 Å². The minimum Gasteiger partial charge on any atom is -0.425 e. The fourth-order valence-corrected chi connectivity index (χ4v) is 3.90. The van der Waals surface area contributed by atoms with Crippen molar-refractivity contribution < 1.29 is 9.53 Å². The molecule has 0 amide bonds. The van der Waals surface area contributed by atoms with E-state index in [9.17, 15) is 10.1 Å². The van der Waals surface area contributed by atoms with E-state index in [1.165, 1.54) is 63.4 Å². The first kappa shape index (κ1) is 27.5. The van der Waals surface area contributed by atoms with Crippen LogP contribution in [0, 0.1) is 16.7 Å². The van der Waals surface area contributed by atoms with E-state index < -0.39 is 11.4 Å². The molecule has 5 heteroatoms. The molecule has 0 radical (unpaired) electrons. The van der Waals surface area contributed by atoms with E-state index in [0.717, 1.165) is 24.8 Å². The van der Waals surface area contributed by atoms with Crippen molar-refractivity contribution in [1.29, 1.82) is 5.26 Å². The highest BCUT2D eigenvalue weighted by Gasteiger charge is 2.34. The molecule has 0 aliphatic carbocycles. The Morgan fingerprint density at radius 1 is 0.882 bits per heavy atom. The van der Waals surface area contributed by atoms with Gasteiger partial charge in [-0.3, -0.25) is 0 Å². The van der Waals surface area contributed by atoms with E-state index in [1.807, 2.05) is 31.5 Å². The SMILES string of the molecule is CCCCCCCCCCCc1cnc(-c2ccc(OC(=O)C(C)(C#N)CCCC)cc2)nc1. The standard InChI is InChI=1S/C29H41N3O2/c1-4-6-8-9-10-11-12-13-14-15-24-21-31-27(32-22-24)25-16-18-26(19-17-25)34-28(33)29(3,23-30)20-7-5-2/h16-19,21-22H,4-15,20H2,1-3H3. The maximum Gasteiger partial charge on any atom is 0.331 e. The number of aromatic nitrogens is 2. The number of ether oxygens (including phenoxy) is 1. The summed E-state index contributed by atoms with van der Waals surface area (Å²) in [6.45, 7) is 5.94. The summed E-state index contributed by atoms with van der Waals surface area (Å²) in [5, 5.41) is 9.44. The molecule has 184 valence electrons. The third kappa shape index (κ3) is 9.25. The largest absolute Gasteiger partial charge is 0.425 e. The lowest BCUT2D eigenvalue weighted by Gasteiger charge is -2.19. The van der Waals surface area contributed by atoms with Gasteiger partial charge in [0, 0.05) is 18.0 Å². The van der Waals surface area contributed by atoms with Gasteiger partial charge in [-0.25, -0.2) is 14.8 Å². The second-order valence-electron chi connectivity index (χ2n) is 9.45. The summed E-state index contributed by atoms with van der Waals surface area (Å²) in [4.78, 5) is 21.5. The number of rotatable bonds is 16. The summed E-state index contributed by atoms with van der Waals surface area (Å²) in [5.41, 5.74) is 0.908. The van der Waals surface area contributed by atoms with Crippen molar-refractivity contribution in [3.63, 3.8) is 0 Å². The fraction of sp³-hybridized carbons (Fsp3) is 0.586. The van der Waals surface area contributed by atoms with Crippen LogP contribution in [0.15, 0.2) is 36.7 Å². The maximum absolute atomic E-state index is 12.5. The molecule has 34 heavy (non-hydrogen) atoms. The molecule has 0 fully saturated rings. The van der Waals surface area contributed by atoms with Gasteiger partial charge in [-0.05, 0) is 56.0 Å². The van der Waals surface area contributed by atoms with E-state index in [1.54, 1.807) is 19.1 Å². The Balaban J connectivity index is 1.78. The Morgan fingerprint density at radius 3 is 2.00 bits per heavy atom. The first-order valence-electron chi connectivity index (χ1n) is 13.1. The Morgan fingerprint density at radius 2 is 1.44 bits per heavy atom. The van der Waals surface area contributed by atoms with Gasteiger partial charge in [-0.15, -0.1) is 0 Å². The minimum absolute atomic E-state index is 0.425. The van der Waals surface area contributed by atoms with Crippen LogP contribution in [0.4, 0.5) is 0 Å². The molecule has 0 saturated heterocycles. The van der Waals surface area contributed by atoms with E-state index in [2.05, 4.69) is 23.0 Å². The number of carbonyl (C=O) groups excluding carboxylic acids is 1. The van der Waals surface area contributed by atoms with Gasteiger partial charge in [-0.2, -0.15) is 5.26 Å². The summed E-state index contributed by atoms with van der Waals surface area (Å²) >= 11 is 0. The van der Waals surface area contributed by atoms with Crippen molar-refractivity contribution >= 4 is 5.97 Å². The molecule has 2 aromatic rings. The average molecular weight is 464 g/mol. The van der Waals surface area contributed by atoms with E-state index in [4.69, 9.17) is 4.74 Å². The Bertz CT molecular complexity index is 887. The van der Waals surface area contributed by atoms with Gasteiger partial charge in [0.25, 0.3) is 0 Å². The molecule has 1 aromatic heterocycles. The molecule has 0 aliphatic heterocycles. The predicted molar refractivity (Wildman–Crippen MR) is 137 cm³/mol. The summed E-state index contributed by atoms with van der Waals surface area (Å²) in [7, 11) is 0. The molecule has 0 N–H and O–H groups in total. The quantitative estimate of drug-likeness (QED) is 0.144. The van der Waals surface area contributed by atoms with Crippen LogP contribution in [0.25, 0.3) is 11.4 Å². The number of carbonyl (C=O) groups is 1.